The number of carbonyl (C=O) groups is 1. The van der Waals surface area contributed by atoms with Crippen LogP contribution in [0.25, 0.3) is 0 Å². The van der Waals surface area contributed by atoms with Crippen molar-refractivity contribution in [1.82, 2.24) is 20.2 Å². The Morgan fingerprint density at radius 1 is 1.23 bits per heavy atom. The molecule has 1 aromatic carbocycles. The van der Waals surface area contributed by atoms with Crippen LogP contribution in [-0.2, 0) is 40.7 Å². The molecule has 1 saturated heterocycles. The van der Waals surface area contributed by atoms with E-state index in [9.17, 15) is 22.5 Å². The molecule has 1 N–H and O–H groups in total. The van der Waals surface area contributed by atoms with Gasteiger partial charge in [0, 0.05) is 48.5 Å². The summed E-state index contributed by atoms with van der Waals surface area (Å²) in [4.78, 5) is 24.8. The molecule has 12 heteroatoms. The number of amides is 1. The minimum atomic E-state index is -4.56. The van der Waals surface area contributed by atoms with Gasteiger partial charge in [-0.2, -0.15) is 13.2 Å². The zero-order valence-corrected chi connectivity index (χ0v) is 23.9. The van der Waals surface area contributed by atoms with Crippen LogP contribution < -0.4 is 5.32 Å². The second kappa shape index (κ2) is 11.8. The van der Waals surface area contributed by atoms with Gasteiger partial charge in [-0.25, -0.2) is 9.97 Å². The van der Waals surface area contributed by atoms with Gasteiger partial charge in [0.1, 0.15) is 11.4 Å². The molecule has 2 aliphatic rings. The standard InChI is InChI=1S/C28H31F3N4O3S2/c1-3-40(37)22-6-4-19(5-7-22)15-32-25(36)23-14-20-8-13-38-27(24(20)39-23)9-11-35(12-10-27)18(2)21-16-33-26(34-17-21)28(29,30)31/h4-7,14,16-18H,3,8-13,15H2,1-2H3,(H,32,36). The van der Waals surface area contributed by atoms with Crippen molar-refractivity contribution in [3.05, 3.63) is 75.0 Å². The van der Waals surface area contributed by atoms with E-state index in [1.807, 2.05) is 44.2 Å². The third-order valence-electron chi connectivity index (χ3n) is 7.66. The maximum absolute atomic E-state index is 13.0. The first-order chi connectivity index (χ1) is 19.1. The molecule has 7 nitrogen and oxygen atoms in total. The van der Waals surface area contributed by atoms with Crippen LogP contribution in [0.5, 0.6) is 0 Å². The van der Waals surface area contributed by atoms with E-state index in [-0.39, 0.29) is 11.9 Å². The SMILES string of the molecule is CC[S+]([O-])c1ccc(CNC(=O)c2cc3c(s2)C2(CCN(C(C)c4cnc(C(F)(F)F)nc4)CC2)OCC3)cc1. The third kappa shape index (κ3) is 6.06. The summed E-state index contributed by atoms with van der Waals surface area (Å²) >= 11 is 0.476. The van der Waals surface area contributed by atoms with Crippen molar-refractivity contribution in [2.45, 2.75) is 62.4 Å². The molecule has 3 aromatic rings. The van der Waals surface area contributed by atoms with Crippen LogP contribution in [0.1, 0.15) is 69.8 Å². The molecule has 2 aromatic heterocycles. The van der Waals surface area contributed by atoms with Crippen LogP contribution in [0.4, 0.5) is 13.2 Å². The van der Waals surface area contributed by atoms with E-state index in [2.05, 4.69) is 20.2 Å². The average molecular weight is 593 g/mol. The normalized spacial score (nSPS) is 18.8. The predicted octanol–water partition coefficient (Wildman–Crippen LogP) is 5.24. The van der Waals surface area contributed by atoms with E-state index < -0.39 is 28.8 Å². The fourth-order valence-electron chi connectivity index (χ4n) is 5.28. The zero-order valence-electron chi connectivity index (χ0n) is 22.3. The second-order valence-corrected chi connectivity index (χ2v) is 12.9. The number of halogens is 3. The van der Waals surface area contributed by atoms with Gasteiger partial charge in [-0.15, -0.1) is 11.3 Å². The molecule has 1 spiro atoms. The fourth-order valence-corrected chi connectivity index (χ4v) is 7.38. The Kier molecular flexibility index (Phi) is 8.53. The average Bonchev–Trinajstić information content (AvgIpc) is 3.42. The molecule has 1 amide bonds. The lowest BCUT2D eigenvalue weighted by Crippen LogP contribution is -2.46. The molecule has 0 radical (unpaired) electrons. The molecule has 0 aliphatic carbocycles. The highest BCUT2D eigenvalue weighted by Crippen LogP contribution is 2.46. The summed E-state index contributed by atoms with van der Waals surface area (Å²) in [6.45, 7) is 6.17. The van der Waals surface area contributed by atoms with E-state index in [4.69, 9.17) is 4.74 Å². The number of nitrogens with one attached hydrogen (secondary N) is 1. The zero-order chi connectivity index (χ0) is 28.5. The lowest BCUT2D eigenvalue weighted by molar-refractivity contribution is -0.145. The second-order valence-electron chi connectivity index (χ2n) is 10.1. The number of nitrogens with zero attached hydrogens (tertiary/aromatic N) is 3. The van der Waals surface area contributed by atoms with E-state index in [0.717, 1.165) is 40.2 Å². The van der Waals surface area contributed by atoms with Gasteiger partial charge in [-0.3, -0.25) is 9.69 Å². The van der Waals surface area contributed by atoms with Gasteiger partial charge in [0.15, 0.2) is 4.90 Å². The topological polar surface area (TPSA) is 90.4 Å². The fraction of sp³-hybridized carbons (Fsp3) is 0.464. The summed E-state index contributed by atoms with van der Waals surface area (Å²) in [6.07, 6.45) is 0.140. The number of likely N-dealkylation sites (tertiary alicyclic amines) is 1. The van der Waals surface area contributed by atoms with E-state index in [1.54, 1.807) is 0 Å². The van der Waals surface area contributed by atoms with Crippen molar-refractivity contribution >= 4 is 28.4 Å². The summed E-state index contributed by atoms with van der Waals surface area (Å²) in [6, 6.07) is 9.28. The number of aromatic nitrogens is 2. The van der Waals surface area contributed by atoms with Crippen molar-refractivity contribution in [3.8, 4) is 0 Å². The van der Waals surface area contributed by atoms with Crippen molar-refractivity contribution in [1.29, 1.82) is 0 Å². The van der Waals surface area contributed by atoms with Gasteiger partial charge in [-0.05, 0) is 73.6 Å². The van der Waals surface area contributed by atoms with E-state index >= 15 is 0 Å². The summed E-state index contributed by atoms with van der Waals surface area (Å²) < 4.78 is 56.8. The maximum atomic E-state index is 13.0. The lowest BCUT2D eigenvalue weighted by Gasteiger charge is -2.45. The monoisotopic (exact) mass is 592 g/mol. The number of hydrogen-bond acceptors (Lipinski definition) is 7. The number of thiophene rings is 1. The van der Waals surface area contributed by atoms with Crippen LogP contribution in [0.2, 0.25) is 0 Å². The van der Waals surface area contributed by atoms with E-state index in [1.165, 1.54) is 23.7 Å². The molecular formula is C28H31F3N4O3S2. The van der Waals surface area contributed by atoms with Gasteiger partial charge >= 0.3 is 6.18 Å². The number of ether oxygens (including phenoxy) is 1. The van der Waals surface area contributed by atoms with E-state index in [0.29, 0.717) is 42.4 Å². The molecule has 40 heavy (non-hydrogen) atoms. The van der Waals surface area contributed by atoms with Crippen molar-refractivity contribution in [3.63, 3.8) is 0 Å². The third-order valence-corrected chi connectivity index (χ3v) is 10.3. The molecule has 1 fully saturated rings. The molecule has 4 heterocycles. The Balaban J connectivity index is 1.22. The summed E-state index contributed by atoms with van der Waals surface area (Å²) in [5, 5.41) is 3.00. The highest BCUT2D eigenvalue weighted by Gasteiger charge is 2.43. The highest BCUT2D eigenvalue weighted by atomic mass is 32.2. The van der Waals surface area contributed by atoms with Crippen LogP contribution in [-0.4, -0.2) is 50.8 Å². The molecule has 2 aliphatic heterocycles. The first-order valence-electron chi connectivity index (χ1n) is 13.3. The van der Waals surface area contributed by atoms with Crippen molar-refractivity contribution in [2.75, 3.05) is 25.4 Å². The summed E-state index contributed by atoms with van der Waals surface area (Å²) in [7, 11) is 0. The minimum absolute atomic E-state index is 0.135. The smallest absolute Gasteiger partial charge is 0.451 e. The number of benzene rings is 1. The number of hydrogen-bond donors (Lipinski definition) is 1. The van der Waals surface area contributed by atoms with Crippen molar-refractivity contribution in [2.24, 2.45) is 0 Å². The van der Waals surface area contributed by atoms with Gasteiger partial charge < -0.3 is 14.6 Å². The molecule has 0 saturated carbocycles. The Morgan fingerprint density at radius 2 is 1.90 bits per heavy atom. The number of alkyl halides is 3. The Morgan fingerprint density at radius 3 is 2.52 bits per heavy atom. The largest absolute Gasteiger partial charge is 0.611 e. The van der Waals surface area contributed by atoms with Crippen molar-refractivity contribution < 1.29 is 27.3 Å². The first-order valence-corrected chi connectivity index (χ1v) is 15.4. The number of rotatable bonds is 7. The number of fused-ring (bicyclic) bond motifs is 2. The molecule has 5 rings (SSSR count). The summed E-state index contributed by atoms with van der Waals surface area (Å²) in [5.41, 5.74) is 2.25. The summed E-state index contributed by atoms with van der Waals surface area (Å²) in [5.74, 6) is -0.705. The minimum Gasteiger partial charge on any atom is -0.611 e. The predicted molar refractivity (Wildman–Crippen MR) is 146 cm³/mol. The Hall–Kier alpha value is -2.51. The number of carbonyl (C=O) groups excluding carboxylic acids is 1. The highest BCUT2D eigenvalue weighted by molar-refractivity contribution is 7.91. The molecule has 2 unspecified atom stereocenters. The molecule has 0 bridgehead atoms. The number of piperidine rings is 1. The Bertz CT molecular complexity index is 1320. The van der Waals surface area contributed by atoms with Gasteiger partial charge in [0.05, 0.1) is 11.5 Å². The van der Waals surface area contributed by atoms with Crippen LogP contribution >= 0.6 is 11.3 Å². The Labute approximate surface area is 238 Å². The van der Waals surface area contributed by atoms with Gasteiger partial charge in [-0.1, -0.05) is 12.1 Å². The van der Waals surface area contributed by atoms with Crippen LogP contribution in [0, 0.1) is 0 Å². The van der Waals surface area contributed by atoms with Gasteiger partial charge in [0.2, 0.25) is 5.82 Å². The van der Waals surface area contributed by atoms with Crippen LogP contribution in [0.3, 0.4) is 0 Å². The molecular weight excluding hydrogens is 561 g/mol. The van der Waals surface area contributed by atoms with Gasteiger partial charge in [0.25, 0.3) is 5.91 Å². The maximum Gasteiger partial charge on any atom is 0.451 e. The molecule has 214 valence electrons. The van der Waals surface area contributed by atoms with Crippen LogP contribution in [0.15, 0.2) is 47.6 Å². The quantitative estimate of drug-likeness (QED) is 0.378. The first kappa shape index (κ1) is 29.0. The lowest BCUT2D eigenvalue weighted by atomic mass is 9.84. The molecule has 2 atom stereocenters.